The topological polar surface area (TPSA) is 131 Å². The molecule has 198 valence electrons. The summed E-state index contributed by atoms with van der Waals surface area (Å²) in [5.41, 5.74) is 6.90. The second-order valence-corrected chi connectivity index (χ2v) is 12.0. The number of carbonyl (C=O) groups is 1. The van der Waals surface area contributed by atoms with Crippen molar-refractivity contribution < 1.29 is 23.1 Å². The Kier molecular flexibility index (Phi) is 8.09. The first-order valence-corrected chi connectivity index (χ1v) is 13.9. The highest BCUT2D eigenvalue weighted by Gasteiger charge is 2.49. The van der Waals surface area contributed by atoms with Crippen molar-refractivity contribution in [2.45, 2.75) is 33.4 Å². The summed E-state index contributed by atoms with van der Waals surface area (Å²) in [5, 5.41) is 8.47. The number of hydrogen-bond acceptors (Lipinski definition) is 9. The second-order valence-electron chi connectivity index (χ2n) is 8.94. The molecule has 3 heterocycles. The third-order valence-corrected chi connectivity index (χ3v) is 8.14. The normalized spacial score (nSPS) is 21.0. The maximum Gasteiger partial charge on any atom is 0.457 e. The van der Waals surface area contributed by atoms with E-state index in [1.165, 1.54) is 0 Å². The fraction of sp³-hybridized carbons (Fsp3) is 0.348. The number of anilines is 2. The van der Waals surface area contributed by atoms with E-state index >= 15 is 0 Å². The Bertz CT molecular complexity index is 1370. The zero-order valence-corrected chi connectivity index (χ0v) is 23.4. The maximum atomic E-state index is 14.1. The van der Waals surface area contributed by atoms with E-state index in [1.807, 2.05) is 13.8 Å². The molecule has 0 amide bonds. The minimum atomic E-state index is -4.19. The van der Waals surface area contributed by atoms with Gasteiger partial charge in [-0.15, -0.1) is 9.55 Å². The lowest BCUT2D eigenvalue weighted by molar-refractivity contribution is -0.0303. The molecule has 0 bridgehead atoms. The molecule has 3 aromatic rings. The monoisotopic (exact) mass is 587 g/mol. The quantitative estimate of drug-likeness (QED) is 0.183. The van der Waals surface area contributed by atoms with Crippen LogP contribution in [0.4, 0.5) is 11.6 Å². The molecule has 1 aliphatic rings. The third-order valence-electron chi connectivity index (χ3n) is 5.66. The average Bonchev–Trinajstić information content (AvgIpc) is 3.18. The number of esters is 1. The summed E-state index contributed by atoms with van der Waals surface area (Å²) in [6, 6.07) is 8.33. The molecule has 2 aromatic heterocycles. The van der Waals surface area contributed by atoms with Crippen LogP contribution in [0, 0.1) is 5.41 Å². The molecule has 2 unspecified atom stereocenters. The summed E-state index contributed by atoms with van der Waals surface area (Å²) >= 11 is 18.4. The van der Waals surface area contributed by atoms with Gasteiger partial charge in [0.05, 0.1) is 13.2 Å². The molecule has 1 saturated heterocycles. The molecule has 0 aliphatic carbocycles. The molecule has 14 heteroatoms. The number of hydrogen-bond donors (Lipinski definition) is 2. The maximum absolute atomic E-state index is 14.1. The molecule has 4 rings (SSSR count). The standard InChI is InChI=1S/C23H25Cl3N5O5P/c1-4-34-22(32)18-20(27)31(30-21(18)29-11-13-5-8-17(26)28-10-13)37(33)35-12-23(2,3)19(36-37)15-7-6-14(24)9-16(15)25/h5-10,19H,4,11-12,27H2,1-3H3,(H,29,30). The van der Waals surface area contributed by atoms with Crippen LogP contribution in [0.5, 0.6) is 0 Å². The van der Waals surface area contributed by atoms with E-state index in [0.717, 1.165) is 10.0 Å². The van der Waals surface area contributed by atoms with Crippen LogP contribution >= 0.6 is 42.5 Å². The minimum absolute atomic E-state index is 0.0289. The Morgan fingerprint density at radius 1 is 1.30 bits per heavy atom. The van der Waals surface area contributed by atoms with E-state index in [-0.39, 0.29) is 37.0 Å². The first kappa shape index (κ1) is 27.7. The van der Waals surface area contributed by atoms with Gasteiger partial charge in [0.1, 0.15) is 22.6 Å². The van der Waals surface area contributed by atoms with E-state index in [4.69, 9.17) is 54.3 Å². The Hall–Kier alpha value is -2.33. The largest absolute Gasteiger partial charge is 0.462 e. The smallest absolute Gasteiger partial charge is 0.457 e. The van der Waals surface area contributed by atoms with Crippen LogP contribution in [0.1, 0.15) is 48.4 Å². The van der Waals surface area contributed by atoms with E-state index < -0.39 is 25.2 Å². The van der Waals surface area contributed by atoms with Gasteiger partial charge in [0.25, 0.3) is 0 Å². The highest BCUT2D eigenvalue weighted by molar-refractivity contribution is 7.52. The molecule has 0 radical (unpaired) electrons. The van der Waals surface area contributed by atoms with Crippen LogP contribution in [0.25, 0.3) is 0 Å². The van der Waals surface area contributed by atoms with Crippen LogP contribution in [0.2, 0.25) is 15.2 Å². The lowest BCUT2D eigenvalue weighted by Crippen LogP contribution is -2.35. The molecular weight excluding hydrogens is 564 g/mol. The van der Waals surface area contributed by atoms with E-state index in [0.29, 0.717) is 20.8 Å². The van der Waals surface area contributed by atoms with Crippen molar-refractivity contribution in [1.82, 2.24) is 14.5 Å². The number of pyridine rings is 1. The van der Waals surface area contributed by atoms with Gasteiger partial charge < -0.3 is 15.8 Å². The Labute approximate surface area is 228 Å². The SMILES string of the molecule is CCOC(=O)c1c(NCc2ccc(Cl)nc2)nn(P2(=O)OCC(C)(C)C(c3ccc(Cl)cc3Cl)O2)c1N. The van der Waals surface area contributed by atoms with Gasteiger partial charge in [0, 0.05) is 33.8 Å². The van der Waals surface area contributed by atoms with Crippen LogP contribution in [-0.2, 0) is 24.9 Å². The number of rotatable bonds is 7. The molecule has 2 atom stereocenters. The molecule has 0 spiro atoms. The predicted octanol–water partition coefficient (Wildman–Crippen LogP) is 6.38. The molecular formula is C23H25Cl3N5O5P. The van der Waals surface area contributed by atoms with Crippen molar-refractivity contribution >= 4 is 60.2 Å². The van der Waals surface area contributed by atoms with Crippen LogP contribution < -0.4 is 11.1 Å². The second kappa shape index (κ2) is 10.8. The van der Waals surface area contributed by atoms with E-state index in [1.54, 1.807) is 43.5 Å². The lowest BCUT2D eigenvalue weighted by atomic mass is 9.83. The van der Waals surface area contributed by atoms with Crippen molar-refractivity contribution in [2.75, 3.05) is 24.3 Å². The fourth-order valence-corrected chi connectivity index (χ4v) is 6.36. The molecule has 3 N–H and O–H groups in total. The predicted molar refractivity (Wildman–Crippen MR) is 142 cm³/mol. The van der Waals surface area contributed by atoms with Gasteiger partial charge in [0.15, 0.2) is 5.82 Å². The van der Waals surface area contributed by atoms with Gasteiger partial charge in [-0.2, -0.15) is 0 Å². The third kappa shape index (κ3) is 5.74. The number of benzene rings is 1. The number of carbonyl (C=O) groups excluding carboxylic acids is 1. The highest BCUT2D eigenvalue weighted by atomic mass is 35.5. The zero-order valence-electron chi connectivity index (χ0n) is 20.2. The molecule has 0 saturated carbocycles. The molecule has 37 heavy (non-hydrogen) atoms. The number of aromatic nitrogens is 3. The minimum Gasteiger partial charge on any atom is -0.462 e. The summed E-state index contributed by atoms with van der Waals surface area (Å²) in [4.78, 5) is 16.8. The summed E-state index contributed by atoms with van der Waals surface area (Å²) in [7, 11) is -4.19. The molecule has 1 aliphatic heterocycles. The first-order valence-electron chi connectivity index (χ1n) is 11.2. The Morgan fingerprint density at radius 3 is 2.70 bits per heavy atom. The average molecular weight is 589 g/mol. The summed E-state index contributed by atoms with van der Waals surface area (Å²) in [6.07, 6.45) is 0.806. The number of halogens is 3. The highest BCUT2D eigenvalue weighted by Crippen LogP contribution is 2.63. The zero-order chi connectivity index (χ0) is 27.0. The molecule has 1 fully saturated rings. The molecule has 1 aromatic carbocycles. The number of nitrogens with one attached hydrogen (secondary N) is 1. The number of nitrogens with zero attached hydrogens (tertiary/aromatic N) is 3. The number of ether oxygens (including phenoxy) is 1. The summed E-state index contributed by atoms with van der Waals surface area (Å²) in [5.74, 6) is -0.942. The van der Waals surface area contributed by atoms with Crippen LogP contribution in [0.15, 0.2) is 36.5 Å². The van der Waals surface area contributed by atoms with Gasteiger partial charge in [-0.3, -0.25) is 9.05 Å². The molecule has 10 nitrogen and oxygen atoms in total. The van der Waals surface area contributed by atoms with Crippen molar-refractivity contribution in [1.29, 1.82) is 0 Å². The van der Waals surface area contributed by atoms with Crippen molar-refractivity contribution in [3.8, 4) is 0 Å². The van der Waals surface area contributed by atoms with Crippen molar-refractivity contribution in [3.63, 3.8) is 0 Å². The van der Waals surface area contributed by atoms with Gasteiger partial charge in [0.2, 0.25) is 0 Å². The first-order chi connectivity index (χ1) is 17.4. The Morgan fingerprint density at radius 2 is 2.05 bits per heavy atom. The fourth-order valence-electron chi connectivity index (χ4n) is 3.75. The summed E-state index contributed by atoms with van der Waals surface area (Å²) < 4.78 is 31.9. The van der Waals surface area contributed by atoms with Gasteiger partial charge in [-0.1, -0.05) is 60.8 Å². The van der Waals surface area contributed by atoms with Crippen molar-refractivity contribution in [2.24, 2.45) is 5.41 Å². The lowest BCUT2D eigenvalue weighted by Gasteiger charge is -2.41. The van der Waals surface area contributed by atoms with Gasteiger partial charge >= 0.3 is 13.7 Å². The summed E-state index contributed by atoms with van der Waals surface area (Å²) in [6.45, 7) is 5.77. The van der Waals surface area contributed by atoms with Crippen molar-refractivity contribution in [3.05, 3.63) is 68.4 Å². The Balaban J connectivity index is 1.72. The van der Waals surface area contributed by atoms with Crippen LogP contribution in [0.3, 0.4) is 0 Å². The van der Waals surface area contributed by atoms with Gasteiger partial charge in [-0.05, 0) is 30.7 Å². The number of nitrogens with two attached hydrogens (primary N) is 1. The van der Waals surface area contributed by atoms with E-state index in [2.05, 4.69) is 15.4 Å². The van der Waals surface area contributed by atoms with Crippen LogP contribution in [-0.4, -0.2) is 33.7 Å². The van der Waals surface area contributed by atoms with Gasteiger partial charge in [-0.25, -0.2) is 14.3 Å². The number of nitrogen functional groups attached to an aromatic ring is 1. The van der Waals surface area contributed by atoms with E-state index in [9.17, 15) is 9.36 Å².